The average Bonchev–Trinajstić information content (AvgIpc) is 2.92. The number of carbonyl (C=O) groups is 1. The minimum absolute atomic E-state index is 0.0248. The molecule has 0 bridgehead atoms. The van der Waals surface area contributed by atoms with Gasteiger partial charge in [0, 0.05) is 25.2 Å². The molecule has 1 aliphatic rings. The second-order valence-electron chi connectivity index (χ2n) is 6.22. The van der Waals surface area contributed by atoms with E-state index < -0.39 is 0 Å². The van der Waals surface area contributed by atoms with E-state index in [0.29, 0.717) is 6.54 Å². The molecule has 1 aliphatic heterocycles. The van der Waals surface area contributed by atoms with Crippen molar-refractivity contribution in [2.45, 2.75) is 38.8 Å². The molecule has 0 aliphatic carbocycles. The van der Waals surface area contributed by atoms with E-state index in [9.17, 15) is 4.79 Å². The van der Waals surface area contributed by atoms with Gasteiger partial charge in [0.2, 0.25) is 5.91 Å². The predicted octanol–water partition coefficient (Wildman–Crippen LogP) is 1.94. The minimum Gasteiger partial charge on any atom is -0.342 e. The number of carbonyl (C=O) groups excluding carboxylic acids is 1. The molecule has 1 aromatic carbocycles. The van der Waals surface area contributed by atoms with Crippen LogP contribution in [0.3, 0.4) is 0 Å². The van der Waals surface area contributed by atoms with Crippen molar-refractivity contribution in [2.75, 3.05) is 26.7 Å². The van der Waals surface area contributed by atoms with Crippen LogP contribution in [0.25, 0.3) is 0 Å². The maximum absolute atomic E-state index is 12.3. The normalized spacial score (nSPS) is 18.0. The van der Waals surface area contributed by atoms with E-state index >= 15 is 0 Å². The maximum Gasteiger partial charge on any atom is 0.236 e. The molecule has 1 amide bonds. The second-order valence-corrected chi connectivity index (χ2v) is 6.22. The molecule has 2 N–H and O–H groups in total. The number of rotatable bonds is 5. The van der Waals surface area contributed by atoms with Crippen LogP contribution in [0, 0.1) is 6.92 Å². The van der Waals surface area contributed by atoms with Crippen LogP contribution in [0.5, 0.6) is 0 Å². The summed E-state index contributed by atoms with van der Waals surface area (Å²) in [5.41, 5.74) is 8.58. The minimum atomic E-state index is -0.0248. The highest BCUT2D eigenvalue weighted by molar-refractivity contribution is 5.78. The first kappa shape index (κ1) is 16.0. The number of hydrogen-bond acceptors (Lipinski definition) is 3. The number of benzene rings is 1. The van der Waals surface area contributed by atoms with E-state index in [2.05, 4.69) is 36.1 Å². The summed E-state index contributed by atoms with van der Waals surface area (Å²) in [5.74, 6) is 0.216. The van der Waals surface area contributed by atoms with Gasteiger partial charge in [0.1, 0.15) is 0 Å². The Hall–Kier alpha value is -1.39. The fourth-order valence-electron chi connectivity index (χ4n) is 3.19. The third kappa shape index (κ3) is 4.05. The van der Waals surface area contributed by atoms with Crippen molar-refractivity contribution in [1.82, 2.24) is 9.80 Å². The SMILES string of the molecule is Cc1cccc(C(C(C)N)N(C)CC(=O)N2CCCC2)c1. The topological polar surface area (TPSA) is 49.6 Å². The molecule has 4 heteroatoms. The molecule has 1 heterocycles. The number of hydrogen-bond donors (Lipinski definition) is 1. The van der Waals surface area contributed by atoms with Crippen molar-refractivity contribution in [1.29, 1.82) is 0 Å². The first-order valence-electron chi connectivity index (χ1n) is 7.79. The van der Waals surface area contributed by atoms with E-state index in [-0.39, 0.29) is 18.0 Å². The Labute approximate surface area is 127 Å². The Morgan fingerprint density at radius 3 is 2.62 bits per heavy atom. The number of likely N-dealkylation sites (tertiary alicyclic amines) is 1. The molecule has 2 atom stereocenters. The summed E-state index contributed by atoms with van der Waals surface area (Å²) in [6.45, 7) is 6.32. The lowest BCUT2D eigenvalue weighted by Crippen LogP contribution is -2.43. The van der Waals surface area contributed by atoms with Gasteiger partial charge in [-0.1, -0.05) is 29.8 Å². The smallest absolute Gasteiger partial charge is 0.236 e. The monoisotopic (exact) mass is 289 g/mol. The Morgan fingerprint density at radius 2 is 2.05 bits per heavy atom. The van der Waals surface area contributed by atoms with Gasteiger partial charge in [0.25, 0.3) is 0 Å². The summed E-state index contributed by atoms with van der Waals surface area (Å²) >= 11 is 0. The molecule has 0 radical (unpaired) electrons. The largest absolute Gasteiger partial charge is 0.342 e. The molecular formula is C17H27N3O. The summed E-state index contributed by atoms with van der Waals surface area (Å²) in [6, 6.07) is 8.43. The van der Waals surface area contributed by atoms with Crippen LogP contribution in [0.2, 0.25) is 0 Å². The number of nitrogens with zero attached hydrogens (tertiary/aromatic N) is 2. The summed E-state index contributed by atoms with van der Waals surface area (Å²) in [5, 5.41) is 0. The van der Waals surface area contributed by atoms with E-state index in [1.54, 1.807) is 0 Å². The van der Waals surface area contributed by atoms with Crippen molar-refractivity contribution in [3.63, 3.8) is 0 Å². The third-order valence-corrected chi connectivity index (χ3v) is 4.20. The van der Waals surface area contributed by atoms with Gasteiger partial charge in [-0.25, -0.2) is 0 Å². The van der Waals surface area contributed by atoms with E-state index in [0.717, 1.165) is 25.9 Å². The van der Waals surface area contributed by atoms with Gasteiger partial charge in [-0.15, -0.1) is 0 Å². The quantitative estimate of drug-likeness (QED) is 0.901. The highest BCUT2D eigenvalue weighted by Crippen LogP contribution is 2.23. The summed E-state index contributed by atoms with van der Waals surface area (Å²) < 4.78 is 0. The average molecular weight is 289 g/mol. The van der Waals surface area contributed by atoms with Crippen LogP contribution in [0.1, 0.15) is 36.9 Å². The molecule has 2 unspecified atom stereocenters. The molecule has 1 saturated heterocycles. The van der Waals surface area contributed by atoms with E-state index in [4.69, 9.17) is 5.73 Å². The molecule has 0 saturated carbocycles. The van der Waals surface area contributed by atoms with Gasteiger partial charge < -0.3 is 10.6 Å². The van der Waals surface area contributed by atoms with Gasteiger partial charge in [0.15, 0.2) is 0 Å². The molecule has 0 aromatic heterocycles. The van der Waals surface area contributed by atoms with Crippen LogP contribution in [-0.4, -0.2) is 48.4 Å². The fraction of sp³-hybridized carbons (Fsp3) is 0.588. The van der Waals surface area contributed by atoms with Gasteiger partial charge in [0.05, 0.1) is 6.54 Å². The summed E-state index contributed by atoms with van der Waals surface area (Å²) in [6.07, 6.45) is 2.26. The number of nitrogens with two attached hydrogens (primary N) is 1. The first-order valence-corrected chi connectivity index (χ1v) is 7.79. The fourth-order valence-corrected chi connectivity index (χ4v) is 3.19. The van der Waals surface area contributed by atoms with Crippen LogP contribution < -0.4 is 5.73 Å². The number of amides is 1. The Bertz CT molecular complexity index is 481. The standard InChI is InChI=1S/C17H27N3O/c1-13-7-6-8-15(11-13)17(14(2)18)19(3)12-16(21)20-9-4-5-10-20/h6-8,11,14,17H,4-5,9-10,12,18H2,1-3H3. The molecule has 1 aromatic rings. The van der Waals surface area contributed by atoms with Gasteiger partial charge in [-0.2, -0.15) is 0 Å². The highest BCUT2D eigenvalue weighted by Gasteiger charge is 2.25. The van der Waals surface area contributed by atoms with Crippen LogP contribution in [0.4, 0.5) is 0 Å². The Balaban J connectivity index is 2.08. The Kier molecular flexibility index (Phi) is 5.37. The molecule has 21 heavy (non-hydrogen) atoms. The zero-order chi connectivity index (χ0) is 15.4. The molecule has 1 fully saturated rings. The van der Waals surface area contributed by atoms with Crippen molar-refractivity contribution >= 4 is 5.91 Å². The summed E-state index contributed by atoms with van der Waals surface area (Å²) in [4.78, 5) is 16.4. The molecule has 0 spiro atoms. The van der Waals surface area contributed by atoms with Gasteiger partial charge in [-0.3, -0.25) is 9.69 Å². The molecule has 116 valence electrons. The zero-order valence-electron chi connectivity index (χ0n) is 13.4. The van der Waals surface area contributed by atoms with E-state index in [1.165, 1.54) is 11.1 Å². The molecule has 2 rings (SSSR count). The number of likely N-dealkylation sites (N-methyl/N-ethyl adjacent to an activating group) is 1. The molecular weight excluding hydrogens is 262 g/mol. The van der Waals surface area contributed by atoms with Crippen molar-refractivity contribution in [3.05, 3.63) is 35.4 Å². The maximum atomic E-state index is 12.3. The lowest BCUT2D eigenvalue weighted by Gasteiger charge is -2.32. The Morgan fingerprint density at radius 1 is 1.38 bits per heavy atom. The number of aryl methyl sites for hydroxylation is 1. The highest BCUT2D eigenvalue weighted by atomic mass is 16.2. The van der Waals surface area contributed by atoms with Crippen molar-refractivity contribution in [3.8, 4) is 0 Å². The van der Waals surface area contributed by atoms with Crippen molar-refractivity contribution < 1.29 is 4.79 Å². The van der Waals surface area contributed by atoms with E-state index in [1.807, 2.05) is 18.9 Å². The second kappa shape index (κ2) is 7.05. The van der Waals surface area contributed by atoms with Crippen LogP contribution in [-0.2, 0) is 4.79 Å². The molecule has 4 nitrogen and oxygen atoms in total. The van der Waals surface area contributed by atoms with Gasteiger partial charge >= 0.3 is 0 Å². The van der Waals surface area contributed by atoms with Crippen LogP contribution in [0.15, 0.2) is 24.3 Å². The van der Waals surface area contributed by atoms with Gasteiger partial charge in [-0.05, 0) is 39.3 Å². The third-order valence-electron chi connectivity index (χ3n) is 4.20. The van der Waals surface area contributed by atoms with Crippen molar-refractivity contribution in [2.24, 2.45) is 5.73 Å². The lowest BCUT2D eigenvalue weighted by molar-refractivity contribution is -0.131. The lowest BCUT2D eigenvalue weighted by atomic mass is 9.98. The summed E-state index contributed by atoms with van der Waals surface area (Å²) in [7, 11) is 1.99. The zero-order valence-corrected chi connectivity index (χ0v) is 13.4. The predicted molar refractivity (Wildman–Crippen MR) is 86.0 cm³/mol. The first-order chi connectivity index (χ1) is 9.99. The van der Waals surface area contributed by atoms with Crippen LogP contribution >= 0.6 is 0 Å².